The Morgan fingerprint density at radius 3 is 0.675 bits per heavy atom. The highest BCUT2D eigenvalue weighted by atomic mass is 16.6. The summed E-state index contributed by atoms with van der Waals surface area (Å²) in [7, 11) is 0. The second-order valence-electron chi connectivity index (χ2n) is 25.6. The minimum absolute atomic E-state index is 0.0637. The van der Waals surface area contributed by atoms with Gasteiger partial charge in [0.05, 0.1) is 0 Å². The maximum absolute atomic E-state index is 12.9. The van der Waals surface area contributed by atoms with Crippen LogP contribution in [-0.2, 0) is 28.6 Å². The summed E-state index contributed by atoms with van der Waals surface area (Å²) in [4.78, 5) is 38.5. The van der Waals surface area contributed by atoms with Crippen molar-refractivity contribution >= 4 is 17.9 Å². The Morgan fingerprint density at radius 2 is 0.434 bits per heavy atom. The van der Waals surface area contributed by atoms with Gasteiger partial charge < -0.3 is 14.2 Å². The molecule has 0 aromatic carbocycles. The third-order valence-electron chi connectivity index (χ3n) is 17.1. The Kier molecular flexibility index (Phi) is 70.0. The first-order chi connectivity index (χ1) is 41.0. The van der Waals surface area contributed by atoms with Crippen LogP contribution < -0.4 is 0 Å². The molecular formula is C77H144O6. The number of carbonyl (C=O) groups excluding carboxylic acids is 3. The van der Waals surface area contributed by atoms with E-state index < -0.39 is 6.10 Å². The molecule has 0 saturated carbocycles. The molecule has 0 aliphatic heterocycles. The lowest BCUT2D eigenvalue weighted by molar-refractivity contribution is -0.167. The number of esters is 3. The first-order valence-corrected chi connectivity index (χ1v) is 37.5. The van der Waals surface area contributed by atoms with Gasteiger partial charge in [-0.3, -0.25) is 14.4 Å². The molecule has 0 aliphatic rings. The molecule has 0 aliphatic carbocycles. The maximum atomic E-state index is 12.9. The van der Waals surface area contributed by atoms with Crippen molar-refractivity contribution in [3.63, 3.8) is 0 Å². The SMILES string of the molecule is CCCCCCC/C=C\C/C=C\C/C=C\CCCCCCCCCCCCCCCCCCCCC(=O)OCC(COC(=O)CCCCCCCCCCCCCCCCCC)OC(=O)CCCCCCCCCCCCCCCCCC. The van der Waals surface area contributed by atoms with Gasteiger partial charge in [0, 0.05) is 19.3 Å². The van der Waals surface area contributed by atoms with Crippen LogP contribution in [0.4, 0.5) is 0 Å². The topological polar surface area (TPSA) is 78.9 Å². The van der Waals surface area contributed by atoms with Crippen molar-refractivity contribution in [1.82, 2.24) is 0 Å². The van der Waals surface area contributed by atoms with E-state index in [4.69, 9.17) is 14.2 Å². The molecule has 0 N–H and O–H groups in total. The van der Waals surface area contributed by atoms with Crippen LogP contribution >= 0.6 is 0 Å². The molecule has 1 atom stereocenters. The normalized spacial score (nSPS) is 12.2. The van der Waals surface area contributed by atoms with Gasteiger partial charge in [-0.1, -0.05) is 378 Å². The second kappa shape index (κ2) is 72.1. The summed E-state index contributed by atoms with van der Waals surface area (Å²) < 4.78 is 17.0. The summed E-state index contributed by atoms with van der Waals surface area (Å²) in [6, 6.07) is 0. The molecule has 0 aromatic heterocycles. The lowest BCUT2D eigenvalue weighted by Crippen LogP contribution is -2.30. The van der Waals surface area contributed by atoms with Gasteiger partial charge in [-0.25, -0.2) is 0 Å². The molecule has 6 nitrogen and oxygen atoms in total. The molecule has 0 spiro atoms. The van der Waals surface area contributed by atoms with Crippen molar-refractivity contribution in [2.24, 2.45) is 0 Å². The highest BCUT2D eigenvalue weighted by molar-refractivity contribution is 5.71. The van der Waals surface area contributed by atoms with E-state index in [0.717, 1.165) is 70.6 Å². The van der Waals surface area contributed by atoms with E-state index >= 15 is 0 Å². The van der Waals surface area contributed by atoms with Gasteiger partial charge in [0.15, 0.2) is 6.10 Å². The average Bonchev–Trinajstić information content (AvgIpc) is 3.49. The lowest BCUT2D eigenvalue weighted by atomic mass is 10.0. The molecular weight excluding hydrogens is 1020 g/mol. The van der Waals surface area contributed by atoms with Gasteiger partial charge >= 0.3 is 17.9 Å². The van der Waals surface area contributed by atoms with Crippen molar-refractivity contribution < 1.29 is 28.6 Å². The van der Waals surface area contributed by atoms with Gasteiger partial charge in [0.1, 0.15) is 13.2 Å². The predicted octanol–water partition coefficient (Wildman–Crippen LogP) is 25.9. The van der Waals surface area contributed by atoms with Crippen LogP contribution in [0, 0.1) is 0 Å². The van der Waals surface area contributed by atoms with Crippen molar-refractivity contribution in [3.8, 4) is 0 Å². The summed E-state index contributed by atoms with van der Waals surface area (Å²) in [5, 5.41) is 0. The Hall–Kier alpha value is -2.37. The maximum Gasteiger partial charge on any atom is 0.306 e. The van der Waals surface area contributed by atoms with Crippen molar-refractivity contribution in [2.45, 2.75) is 425 Å². The molecule has 0 heterocycles. The Morgan fingerprint density at radius 1 is 0.241 bits per heavy atom. The monoisotopic (exact) mass is 1170 g/mol. The molecule has 0 rings (SSSR count). The third kappa shape index (κ3) is 70.3. The number of ether oxygens (including phenoxy) is 3. The highest BCUT2D eigenvalue weighted by Gasteiger charge is 2.20. The molecule has 0 aromatic rings. The zero-order chi connectivity index (χ0) is 59.9. The summed E-state index contributed by atoms with van der Waals surface area (Å²) in [5.74, 6) is -0.828. The molecule has 1 unspecified atom stereocenters. The van der Waals surface area contributed by atoms with Crippen LogP contribution in [0.5, 0.6) is 0 Å². The number of rotatable bonds is 70. The van der Waals surface area contributed by atoms with Gasteiger partial charge in [-0.15, -0.1) is 0 Å². The Balaban J connectivity index is 4.14. The summed E-state index contributed by atoms with van der Waals surface area (Å²) in [5.41, 5.74) is 0. The smallest absolute Gasteiger partial charge is 0.306 e. The zero-order valence-electron chi connectivity index (χ0n) is 56.2. The van der Waals surface area contributed by atoms with E-state index in [2.05, 4.69) is 57.2 Å². The van der Waals surface area contributed by atoms with Crippen LogP contribution in [0.1, 0.15) is 419 Å². The molecule has 0 radical (unpaired) electrons. The highest BCUT2D eigenvalue weighted by Crippen LogP contribution is 2.19. The fourth-order valence-corrected chi connectivity index (χ4v) is 11.5. The summed E-state index contributed by atoms with van der Waals surface area (Å²) in [6.07, 6.45) is 90.5. The van der Waals surface area contributed by atoms with Gasteiger partial charge in [-0.2, -0.15) is 0 Å². The van der Waals surface area contributed by atoms with Crippen molar-refractivity contribution in [1.29, 1.82) is 0 Å². The van der Waals surface area contributed by atoms with E-state index in [9.17, 15) is 14.4 Å². The molecule has 83 heavy (non-hydrogen) atoms. The van der Waals surface area contributed by atoms with Gasteiger partial charge in [-0.05, 0) is 57.8 Å². The quantitative estimate of drug-likeness (QED) is 0.0261. The van der Waals surface area contributed by atoms with Crippen LogP contribution in [0.25, 0.3) is 0 Å². The fraction of sp³-hybridized carbons (Fsp3) is 0.883. The summed E-state index contributed by atoms with van der Waals surface area (Å²) in [6.45, 7) is 6.72. The fourth-order valence-electron chi connectivity index (χ4n) is 11.5. The Labute approximate surface area is 518 Å². The number of unbranched alkanes of at least 4 members (excludes halogenated alkanes) is 53. The largest absolute Gasteiger partial charge is 0.462 e. The van der Waals surface area contributed by atoms with E-state index in [-0.39, 0.29) is 31.1 Å². The molecule has 6 heteroatoms. The van der Waals surface area contributed by atoms with Crippen LogP contribution in [0.15, 0.2) is 36.5 Å². The number of hydrogen-bond acceptors (Lipinski definition) is 6. The summed E-state index contributed by atoms with van der Waals surface area (Å²) >= 11 is 0. The van der Waals surface area contributed by atoms with Crippen LogP contribution in [-0.4, -0.2) is 37.2 Å². The molecule has 0 amide bonds. The lowest BCUT2D eigenvalue weighted by Gasteiger charge is -2.18. The Bertz CT molecular complexity index is 1380. The number of allylic oxidation sites excluding steroid dienone is 6. The van der Waals surface area contributed by atoms with E-state index in [0.29, 0.717) is 19.3 Å². The van der Waals surface area contributed by atoms with Gasteiger partial charge in [0.25, 0.3) is 0 Å². The first-order valence-electron chi connectivity index (χ1n) is 37.5. The van der Waals surface area contributed by atoms with Crippen LogP contribution in [0.2, 0.25) is 0 Å². The standard InChI is InChI=1S/C77H144O6/c1-4-7-10-13-16-19-22-25-28-31-32-33-34-35-36-37-38-39-40-41-42-43-44-45-46-47-50-52-55-58-61-64-67-70-76(79)82-73-74(83-77(80)71-68-65-62-59-56-53-49-30-27-24-21-18-15-12-9-6-3)72-81-75(78)69-66-63-60-57-54-51-48-29-26-23-20-17-14-11-8-5-2/h22,25,31-32,34-35,74H,4-21,23-24,26-30,33,36-73H2,1-3H3/b25-22-,32-31-,35-34-. The van der Waals surface area contributed by atoms with Crippen LogP contribution in [0.3, 0.4) is 0 Å². The number of hydrogen-bond donors (Lipinski definition) is 0. The minimum Gasteiger partial charge on any atom is -0.462 e. The average molecular weight is 1170 g/mol. The molecule has 0 saturated heterocycles. The number of carbonyl (C=O) groups is 3. The van der Waals surface area contributed by atoms with E-state index in [1.807, 2.05) is 0 Å². The van der Waals surface area contributed by atoms with Crippen molar-refractivity contribution in [3.05, 3.63) is 36.5 Å². The molecule has 488 valence electrons. The zero-order valence-corrected chi connectivity index (χ0v) is 56.2. The third-order valence-corrected chi connectivity index (χ3v) is 17.1. The first kappa shape index (κ1) is 80.6. The van der Waals surface area contributed by atoms with Crippen molar-refractivity contribution in [2.75, 3.05) is 13.2 Å². The second-order valence-corrected chi connectivity index (χ2v) is 25.6. The minimum atomic E-state index is -0.767. The molecule has 0 fully saturated rings. The van der Waals surface area contributed by atoms with Gasteiger partial charge in [0.2, 0.25) is 0 Å². The predicted molar refractivity (Wildman–Crippen MR) is 362 cm³/mol. The molecule has 0 bridgehead atoms. The van der Waals surface area contributed by atoms with E-state index in [1.54, 1.807) is 0 Å². The van der Waals surface area contributed by atoms with E-state index in [1.165, 1.54) is 308 Å².